The molecule has 1 aliphatic heterocycles. The molecule has 3 rings (SSSR count). The minimum absolute atomic E-state index is 0.0671. The second kappa shape index (κ2) is 5.65. The van der Waals surface area contributed by atoms with E-state index in [0.717, 1.165) is 25.7 Å². The summed E-state index contributed by atoms with van der Waals surface area (Å²) < 4.78 is 0. The fourth-order valence-corrected chi connectivity index (χ4v) is 3.03. The second-order valence-corrected chi connectivity index (χ2v) is 5.65. The predicted molar refractivity (Wildman–Crippen MR) is 76.6 cm³/mol. The topological polar surface area (TPSA) is 58.2 Å². The van der Waals surface area contributed by atoms with Gasteiger partial charge in [0.05, 0.1) is 0 Å². The van der Waals surface area contributed by atoms with E-state index in [0.29, 0.717) is 12.1 Å². The number of piperidine rings is 1. The van der Waals surface area contributed by atoms with E-state index in [4.69, 9.17) is 0 Å². The van der Waals surface area contributed by atoms with Crippen LogP contribution in [0.2, 0.25) is 0 Å². The van der Waals surface area contributed by atoms with Gasteiger partial charge in [0, 0.05) is 12.1 Å². The number of hydrogen-bond acceptors (Lipinski definition) is 2. The summed E-state index contributed by atoms with van der Waals surface area (Å²) in [5.74, 6) is -0.206. The first kappa shape index (κ1) is 13.2. The van der Waals surface area contributed by atoms with Crippen molar-refractivity contribution in [3.05, 3.63) is 34.9 Å². The summed E-state index contributed by atoms with van der Waals surface area (Å²) in [5, 5.41) is 5.63. The minimum atomic E-state index is -0.382. The highest BCUT2D eigenvalue weighted by molar-refractivity contribution is 5.97. The van der Waals surface area contributed by atoms with Crippen molar-refractivity contribution in [1.82, 2.24) is 10.6 Å². The van der Waals surface area contributed by atoms with Gasteiger partial charge in [0.15, 0.2) is 0 Å². The van der Waals surface area contributed by atoms with Crippen LogP contribution in [0.1, 0.15) is 47.2 Å². The van der Waals surface area contributed by atoms with Crippen molar-refractivity contribution in [2.24, 2.45) is 0 Å². The number of aryl methyl sites for hydroxylation is 2. The molecule has 20 heavy (non-hydrogen) atoms. The first-order valence-corrected chi connectivity index (χ1v) is 7.44. The Labute approximate surface area is 118 Å². The first-order chi connectivity index (χ1) is 9.74. The van der Waals surface area contributed by atoms with Crippen molar-refractivity contribution in [2.75, 3.05) is 6.54 Å². The number of carbonyl (C=O) groups is 2. The van der Waals surface area contributed by atoms with Crippen LogP contribution < -0.4 is 10.6 Å². The maximum atomic E-state index is 12.3. The highest BCUT2D eigenvalue weighted by atomic mass is 16.2. The van der Waals surface area contributed by atoms with E-state index in [1.54, 1.807) is 0 Å². The SMILES string of the molecule is O=C(N[C@@H]1CCCNC1=O)c1ccc2c(c1)CCCC2. The number of nitrogens with one attached hydrogen (secondary N) is 2. The van der Waals surface area contributed by atoms with Crippen LogP contribution in [0.15, 0.2) is 18.2 Å². The van der Waals surface area contributed by atoms with Crippen LogP contribution >= 0.6 is 0 Å². The highest BCUT2D eigenvalue weighted by Crippen LogP contribution is 2.22. The van der Waals surface area contributed by atoms with Crippen LogP contribution in [-0.4, -0.2) is 24.4 Å². The molecule has 1 saturated heterocycles. The van der Waals surface area contributed by atoms with Gasteiger partial charge in [-0.2, -0.15) is 0 Å². The van der Waals surface area contributed by atoms with E-state index in [9.17, 15) is 9.59 Å². The lowest BCUT2D eigenvalue weighted by molar-refractivity contribution is -0.124. The van der Waals surface area contributed by atoms with Gasteiger partial charge in [-0.25, -0.2) is 0 Å². The molecule has 2 amide bonds. The van der Waals surface area contributed by atoms with Gasteiger partial charge in [-0.15, -0.1) is 0 Å². The Morgan fingerprint density at radius 1 is 1.15 bits per heavy atom. The lowest BCUT2D eigenvalue weighted by Crippen LogP contribution is -2.50. The largest absolute Gasteiger partial charge is 0.354 e. The van der Waals surface area contributed by atoms with Crippen LogP contribution in [0.3, 0.4) is 0 Å². The molecular formula is C16H20N2O2. The molecule has 4 nitrogen and oxygen atoms in total. The smallest absolute Gasteiger partial charge is 0.251 e. The predicted octanol–water partition coefficient (Wildman–Crippen LogP) is 1.57. The van der Waals surface area contributed by atoms with E-state index in [1.807, 2.05) is 12.1 Å². The van der Waals surface area contributed by atoms with Gasteiger partial charge in [-0.1, -0.05) is 6.07 Å². The third-order valence-electron chi connectivity index (χ3n) is 4.20. The number of amides is 2. The monoisotopic (exact) mass is 272 g/mol. The molecule has 1 aromatic carbocycles. The second-order valence-electron chi connectivity index (χ2n) is 5.65. The Bertz CT molecular complexity index is 539. The van der Waals surface area contributed by atoms with E-state index in [-0.39, 0.29) is 17.9 Å². The van der Waals surface area contributed by atoms with Crippen molar-refractivity contribution in [3.63, 3.8) is 0 Å². The summed E-state index contributed by atoms with van der Waals surface area (Å²) in [6, 6.07) is 5.54. The zero-order valence-corrected chi connectivity index (χ0v) is 11.6. The van der Waals surface area contributed by atoms with Crippen LogP contribution in [0, 0.1) is 0 Å². The number of fused-ring (bicyclic) bond motifs is 1. The molecule has 1 atom stereocenters. The van der Waals surface area contributed by atoms with E-state index in [2.05, 4.69) is 16.7 Å². The van der Waals surface area contributed by atoms with Crippen molar-refractivity contribution in [2.45, 2.75) is 44.6 Å². The lowest BCUT2D eigenvalue weighted by atomic mass is 9.90. The Morgan fingerprint density at radius 3 is 2.75 bits per heavy atom. The molecule has 0 saturated carbocycles. The molecular weight excluding hydrogens is 252 g/mol. The van der Waals surface area contributed by atoms with Crippen molar-refractivity contribution < 1.29 is 9.59 Å². The fraction of sp³-hybridized carbons (Fsp3) is 0.500. The summed E-state index contributed by atoms with van der Waals surface area (Å²) in [6.45, 7) is 0.712. The Hall–Kier alpha value is -1.84. The van der Waals surface area contributed by atoms with Gasteiger partial charge < -0.3 is 10.6 Å². The quantitative estimate of drug-likeness (QED) is 0.858. The molecule has 1 fully saturated rings. The normalized spacial score (nSPS) is 21.8. The Morgan fingerprint density at radius 2 is 1.95 bits per heavy atom. The average molecular weight is 272 g/mol. The zero-order valence-electron chi connectivity index (χ0n) is 11.6. The summed E-state index contributed by atoms with van der Waals surface area (Å²) in [4.78, 5) is 23.9. The molecule has 2 N–H and O–H groups in total. The standard InChI is InChI=1S/C16H20N2O2/c19-15(18-14-6-3-9-17-16(14)20)13-8-7-11-4-1-2-5-12(11)10-13/h7-8,10,14H,1-6,9H2,(H,17,20)(H,18,19)/t14-/m1/s1. The van der Waals surface area contributed by atoms with Crippen molar-refractivity contribution >= 4 is 11.8 Å². The van der Waals surface area contributed by atoms with Gasteiger partial charge in [0.1, 0.15) is 6.04 Å². The molecule has 0 aromatic heterocycles. The molecule has 0 unspecified atom stereocenters. The van der Waals surface area contributed by atoms with E-state index >= 15 is 0 Å². The zero-order chi connectivity index (χ0) is 13.9. The lowest BCUT2D eigenvalue weighted by Gasteiger charge is -2.23. The number of hydrogen-bond donors (Lipinski definition) is 2. The molecule has 4 heteroatoms. The molecule has 2 aliphatic rings. The molecule has 0 spiro atoms. The first-order valence-electron chi connectivity index (χ1n) is 7.44. The van der Waals surface area contributed by atoms with E-state index in [1.165, 1.54) is 24.0 Å². The minimum Gasteiger partial charge on any atom is -0.354 e. The highest BCUT2D eigenvalue weighted by Gasteiger charge is 2.24. The van der Waals surface area contributed by atoms with Crippen LogP contribution in [0.4, 0.5) is 0 Å². The Kier molecular flexibility index (Phi) is 3.72. The molecule has 0 bridgehead atoms. The third kappa shape index (κ3) is 2.69. The summed E-state index contributed by atoms with van der Waals surface area (Å²) in [5.41, 5.74) is 3.32. The van der Waals surface area contributed by atoms with Crippen LogP contribution in [-0.2, 0) is 17.6 Å². The fourth-order valence-electron chi connectivity index (χ4n) is 3.03. The third-order valence-corrected chi connectivity index (χ3v) is 4.20. The van der Waals surface area contributed by atoms with Crippen LogP contribution in [0.5, 0.6) is 0 Å². The molecule has 1 aromatic rings. The van der Waals surface area contributed by atoms with E-state index < -0.39 is 0 Å². The van der Waals surface area contributed by atoms with Crippen molar-refractivity contribution in [3.8, 4) is 0 Å². The summed E-state index contributed by atoms with van der Waals surface area (Å²) >= 11 is 0. The van der Waals surface area contributed by atoms with Gasteiger partial charge >= 0.3 is 0 Å². The van der Waals surface area contributed by atoms with Gasteiger partial charge in [-0.05, 0) is 61.8 Å². The molecule has 1 aliphatic carbocycles. The molecule has 1 heterocycles. The van der Waals surface area contributed by atoms with Gasteiger partial charge in [0.2, 0.25) is 5.91 Å². The Balaban J connectivity index is 1.72. The van der Waals surface area contributed by atoms with Crippen LogP contribution in [0.25, 0.3) is 0 Å². The number of carbonyl (C=O) groups excluding carboxylic acids is 2. The number of benzene rings is 1. The summed E-state index contributed by atoms with van der Waals surface area (Å²) in [7, 11) is 0. The summed E-state index contributed by atoms with van der Waals surface area (Å²) in [6.07, 6.45) is 6.25. The maximum absolute atomic E-state index is 12.3. The van der Waals surface area contributed by atoms with Gasteiger partial charge in [0.25, 0.3) is 5.91 Å². The maximum Gasteiger partial charge on any atom is 0.251 e. The molecule has 106 valence electrons. The van der Waals surface area contributed by atoms with Crippen molar-refractivity contribution in [1.29, 1.82) is 0 Å². The molecule has 0 radical (unpaired) electrons. The average Bonchev–Trinajstić information content (AvgIpc) is 2.49. The number of rotatable bonds is 2. The van der Waals surface area contributed by atoms with Gasteiger partial charge in [-0.3, -0.25) is 9.59 Å².